The Morgan fingerprint density at radius 1 is 1.35 bits per heavy atom. The Balaban J connectivity index is 2.34. The minimum Gasteiger partial charge on any atom is -0.480 e. The first-order valence-corrected chi connectivity index (χ1v) is 7.06. The van der Waals surface area contributed by atoms with Crippen LogP contribution < -0.4 is 0 Å². The number of aliphatic carboxylic acids is 1. The van der Waals surface area contributed by atoms with Crippen LogP contribution in [-0.2, 0) is 9.53 Å². The second-order valence-electron chi connectivity index (χ2n) is 5.66. The summed E-state index contributed by atoms with van der Waals surface area (Å²) >= 11 is 0. The third-order valence-electron chi connectivity index (χ3n) is 4.11. The van der Waals surface area contributed by atoms with Crippen molar-refractivity contribution >= 4 is 5.97 Å². The second-order valence-corrected chi connectivity index (χ2v) is 5.66. The lowest BCUT2D eigenvalue weighted by Crippen LogP contribution is -2.50. The van der Waals surface area contributed by atoms with Crippen LogP contribution in [0.3, 0.4) is 0 Å². The van der Waals surface area contributed by atoms with Crippen LogP contribution >= 0.6 is 0 Å². The van der Waals surface area contributed by atoms with Crippen molar-refractivity contribution in [2.75, 3.05) is 19.8 Å². The summed E-state index contributed by atoms with van der Waals surface area (Å²) < 4.78 is 5.32. The van der Waals surface area contributed by atoms with E-state index in [1.807, 2.05) is 4.90 Å². The Morgan fingerprint density at radius 3 is 2.50 bits per heavy atom. The molecule has 1 N–H and O–H groups in total. The van der Waals surface area contributed by atoms with E-state index in [0.29, 0.717) is 13.2 Å². The predicted octanol–water partition coefficient (Wildman–Crippen LogP) is 2.46. The van der Waals surface area contributed by atoms with Crippen LogP contribution in [0.5, 0.6) is 0 Å². The minimum atomic E-state index is -0.807. The molecule has 0 radical (unpaired) electrons. The molecule has 1 aromatic rings. The van der Waals surface area contributed by atoms with Crippen molar-refractivity contribution in [2.45, 2.75) is 39.8 Å². The van der Waals surface area contributed by atoms with E-state index in [1.165, 1.54) is 22.3 Å². The molecule has 1 heterocycles. The topological polar surface area (TPSA) is 49.8 Å². The summed E-state index contributed by atoms with van der Waals surface area (Å²) in [5.74, 6) is -0.807. The van der Waals surface area contributed by atoms with Crippen LogP contribution in [0, 0.1) is 20.8 Å². The molecule has 2 rings (SSSR count). The average molecular weight is 277 g/mol. The Kier molecular flexibility index (Phi) is 4.45. The zero-order chi connectivity index (χ0) is 14.9. The Labute approximate surface area is 120 Å². The third kappa shape index (κ3) is 2.86. The molecule has 1 aromatic carbocycles. The van der Waals surface area contributed by atoms with Crippen LogP contribution in [0.2, 0.25) is 0 Å². The van der Waals surface area contributed by atoms with E-state index < -0.39 is 12.0 Å². The molecule has 0 bridgehead atoms. The molecule has 2 atom stereocenters. The van der Waals surface area contributed by atoms with Crippen molar-refractivity contribution in [1.29, 1.82) is 0 Å². The van der Waals surface area contributed by atoms with Crippen molar-refractivity contribution in [1.82, 2.24) is 4.90 Å². The molecule has 0 aromatic heterocycles. The predicted molar refractivity (Wildman–Crippen MR) is 78.0 cm³/mol. The van der Waals surface area contributed by atoms with Gasteiger partial charge in [-0.1, -0.05) is 17.7 Å². The summed E-state index contributed by atoms with van der Waals surface area (Å²) in [6, 6.07) is 3.85. The minimum absolute atomic E-state index is 0.0839. The second kappa shape index (κ2) is 5.94. The first-order chi connectivity index (χ1) is 9.41. The van der Waals surface area contributed by atoms with Crippen LogP contribution in [0.15, 0.2) is 12.1 Å². The van der Waals surface area contributed by atoms with Crippen molar-refractivity contribution in [2.24, 2.45) is 0 Å². The number of carbonyl (C=O) groups is 1. The maximum absolute atomic E-state index is 11.4. The highest BCUT2D eigenvalue weighted by molar-refractivity contribution is 5.73. The summed E-state index contributed by atoms with van der Waals surface area (Å²) in [5, 5.41) is 9.37. The van der Waals surface area contributed by atoms with Gasteiger partial charge in [-0.2, -0.15) is 0 Å². The largest absolute Gasteiger partial charge is 0.480 e. The van der Waals surface area contributed by atoms with Gasteiger partial charge in [-0.15, -0.1) is 0 Å². The molecule has 110 valence electrons. The molecule has 0 amide bonds. The summed E-state index contributed by atoms with van der Waals surface area (Å²) in [6.07, 6.45) is 0. The highest BCUT2D eigenvalue weighted by atomic mass is 16.5. The zero-order valence-electron chi connectivity index (χ0n) is 12.6. The molecule has 4 nitrogen and oxygen atoms in total. The monoisotopic (exact) mass is 277 g/mol. The number of aryl methyl sites for hydroxylation is 3. The molecule has 0 saturated carbocycles. The van der Waals surface area contributed by atoms with Gasteiger partial charge in [0, 0.05) is 12.6 Å². The number of hydrogen-bond donors (Lipinski definition) is 1. The van der Waals surface area contributed by atoms with E-state index in [0.717, 1.165) is 0 Å². The highest BCUT2D eigenvalue weighted by Crippen LogP contribution is 2.30. The van der Waals surface area contributed by atoms with E-state index >= 15 is 0 Å². The van der Waals surface area contributed by atoms with Crippen LogP contribution in [-0.4, -0.2) is 41.8 Å². The molecule has 2 unspecified atom stereocenters. The normalized spacial score (nSPS) is 21.7. The van der Waals surface area contributed by atoms with E-state index in [9.17, 15) is 9.90 Å². The summed E-state index contributed by atoms with van der Waals surface area (Å²) in [7, 11) is 0. The Bertz CT molecular complexity index is 489. The van der Waals surface area contributed by atoms with Gasteiger partial charge >= 0.3 is 5.97 Å². The fraction of sp³-hybridized carbons (Fsp3) is 0.562. The Hall–Kier alpha value is -1.39. The third-order valence-corrected chi connectivity index (χ3v) is 4.11. The molecular formula is C16H23NO3. The quantitative estimate of drug-likeness (QED) is 0.922. The number of ether oxygens (including phenoxy) is 1. The summed E-state index contributed by atoms with van der Waals surface area (Å²) in [4.78, 5) is 13.4. The fourth-order valence-electron chi connectivity index (χ4n) is 3.31. The number of carboxylic acid groups (broad SMARTS) is 1. The maximum atomic E-state index is 11.4. The van der Waals surface area contributed by atoms with Gasteiger partial charge in [0.1, 0.15) is 6.04 Å². The average Bonchev–Trinajstić information content (AvgIpc) is 2.37. The molecular weight excluding hydrogens is 254 g/mol. The first kappa shape index (κ1) is 15.0. The van der Waals surface area contributed by atoms with Gasteiger partial charge in [-0.05, 0) is 44.4 Å². The van der Waals surface area contributed by atoms with Gasteiger partial charge in [0.25, 0.3) is 0 Å². The molecule has 20 heavy (non-hydrogen) atoms. The molecule has 1 saturated heterocycles. The van der Waals surface area contributed by atoms with Crippen molar-refractivity contribution in [3.8, 4) is 0 Å². The lowest BCUT2D eigenvalue weighted by atomic mass is 9.93. The molecule has 0 spiro atoms. The maximum Gasteiger partial charge on any atom is 0.323 e. The smallest absolute Gasteiger partial charge is 0.323 e. The SMILES string of the molecule is Cc1cc(C)c(C(C)N2CCOCC2C(=O)O)c(C)c1. The van der Waals surface area contributed by atoms with Crippen LogP contribution in [0.25, 0.3) is 0 Å². The van der Waals surface area contributed by atoms with E-state index in [4.69, 9.17) is 4.74 Å². The summed E-state index contributed by atoms with van der Waals surface area (Å²) in [6.45, 7) is 9.89. The fourth-order valence-corrected chi connectivity index (χ4v) is 3.31. The first-order valence-electron chi connectivity index (χ1n) is 7.06. The van der Waals surface area contributed by atoms with Crippen LogP contribution in [0.1, 0.15) is 35.2 Å². The summed E-state index contributed by atoms with van der Waals surface area (Å²) in [5.41, 5.74) is 4.94. The van der Waals surface area contributed by atoms with E-state index in [1.54, 1.807) is 0 Å². The Morgan fingerprint density at radius 2 is 1.95 bits per heavy atom. The number of benzene rings is 1. The van der Waals surface area contributed by atoms with Crippen LogP contribution in [0.4, 0.5) is 0 Å². The van der Waals surface area contributed by atoms with Gasteiger partial charge in [-0.25, -0.2) is 0 Å². The van der Waals surface area contributed by atoms with Crippen molar-refractivity contribution in [3.63, 3.8) is 0 Å². The lowest BCUT2D eigenvalue weighted by molar-refractivity contribution is -0.151. The number of hydrogen-bond acceptors (Lipinski definition) is 3. The highest BCUT2D eigenvalue weighted by Gasteiger charge is 2.33. The van der Waals surface area contributed by atoms with Crippen molar-refractivity contribution in [3.05, 3.63) is 34.4 Å². The molecule has 4 heteroatoms. The van der Waals surface area contributed by atoms with E-state index in [2.05, 4.69) is 39.8 Å². The number of rotatable bonds is 3. The standard InChI is InChI=1S/C16H23NO3/c1-10-7-11(2)15(12(3)8-10)13(4)17-5-6-20-9-14(17)16(18)19/h7-8,13-14H,5-6,9H2,1-4H3,(H,18,19). The molecule has 0 aliphatic carbocycles. The zero-order valence-corrected chi connectivity index (χ0v) is 12.6. The molecule has 1 fully saturated rings. The van der Waals surface area contributed by atoms with Gasteiger partial charge in [-0.3, -0.25) is 9.69 Å². The van der Waals surface area contributed by atoms with Gasteiger partial charge in [0.05, 0.1) is 13.2 Å². The number of morpholine rings is 1. The van der Waals surface area contributed by atoms with E-state index in [-0.39, 0.29) is 12.6 Å². The van der Waals surface area contributed by atoms with Gasteiger partial charge in [0.15, 0.2) is 0 Å². The number of nitrogens with zero attached hydrogens (tertiary/aromatic N) is 1. The molecule has 1 aliphatic rings. The lowest BCUT2D eigenvalue weighted by Gasteiger charge is -2.38. The van der Waals surface area contributed by atoms with Gasteiger partial charge in [0.2, 0.25) is 0 Å². The van der Waals surface area contributed by atoms with Gasteiger partial charge < -0.3 is 9.84 Å². The molecule has 1 aliphatic heterocycles. The number of carboxylic acids is 1. The van der Waals surface area contributed by atoms with Crippen molar-refractivity contribution < 1.29 is 14.6 Å².